The summed E-state index contributed by atoms with van der Waals surface area (Å²) in [5, 5.41) is 0. The van der Waals surface area contributed by atoms with Crippen LogP contribution >= 0.6 is 23.2 Å². The maximum atomic E-state index is 10.8. The van der Waals surface area contributed by atoms with E-state index in [9.17, 15) is 4.79 Å². The van der Waals surface area contributed by atoms with Crippen LogP contribution in [0.5, 0.6) is 0 Å². The van der Waals surface area contributed by atoms with E-state index in [2.05, 4.69) is 9.72 Å². The van der Waals surface area contributed by atoms with Crippen molar-refractivity contribution in [1.29, 1.82) is 0 Å². The molecule has 1 aromatic rings. The van der Waals surface area contributed by atoms with Crippen LogP contribution in [0.1, 0.15) is 21.2 Å². The summed E-state index contributed by atoms with van der Waals surface area (Å²) in [7, 11) is 1.25. The predicted octanol–water partition coefficient (Wildman–Crippen LogP) is 1.94. The van der Waals surface area contributed by atoms with Crippen LogP contribution < -0.4 is 0 Å². The highest BCUT2D eigenvalue weighted by molar-refractivity contribution is 6.43. The fraction of sp³-hybridized carbons (Fsp3) is 0.333. The smallest absolute Gasteiger partial charge is 0.360 e. The summed E-state index contributed by atoms with van der Waals surface area (Å²) in [6.07, 6.45) is 1.14. The Kier molecular flexibility index (Phi) is 2.94. The SMILES string of the molecule is COC(=O)c1coc(C(Cl)Cl)n1. The number of carbonyl (C=O) groups excluding carboxylic acids is 1. The summed E-state index contributed by atoms with van der Waals surface area (Å²) in [4.78, 5) is 13.6. The van der Waals surface area contributed by atoms with Gasteiger partial charge < -0.3 is 9.15 Å². The highest BCUT2D eigenvalue weighted by Crippen LogP contribution is 2.23. The van der Waals surface area contributed by atoms with Gasteiger partial charge in [-0.1, -0.05) is 23.2 Å². The maximum absolute atomic E-state index is 10.8. The quantitative estimate of drug-likeness (QED) is 0.552. The van der Waals surface area contributed by atoms with Crippen LogP contribution in [0.2, 0.25) is 0 Å². The van der Waals surface area contributed by atoms with Crippen LogP contribution in [0.25, 0.3) is 0 Å². The number of alkyl halides is 2. The van der Waals surface area contributed by atoms with Gasteiger partial charge in [-0.05, 0) is 0 Å². The normalized spacial score (nSPS) is 10.3. The standard InChI is InChI=1S/C6H5Cl2NO3/c1-11-6(10)3-2-12-5(9-3)4(7)8/h2,4H,1H3. The predicted molar refractivity (Wildman–Crippen MR) is 42.3 cm³/mol. The molecule has 0 amide bonds. The number of methoxy groups -OCH3 is 1. The van der Waals surface area contributed by atoms with Gasteiger partial charge in [-0.15, -0.1) is 0 Å². The van der Waals surface area contributed by atoms with E-state index in [-0.39, 0.29) is 11.6 Å². The van der Waals surface area contributed by atoms with Gasteiger partial charge in [-0.3, -0.25) is 0 Å². The first-order valence-corrected chi connectivity index (χ1v) is 3.84. The zero-order valence-corrected chi connectivity index (χ0v) is 7.59. The Morgan fingerprint density at radius 1 is 1.75 bits per heavy atom. The topological polar surface area (TPSA) is 52.3 Å². The van der Waals surface area contributed by atoms with Crippen LogP contribution in [0.4, 0.5) is 0 Å². The van der Waals surface area contributed by atoms with E-state index < -0.39 is 10.8 Å². The van der Waals surface area contributed by atoms with Gasteiger partial charge in [0.05, 0.1) is 7.11 Å². The molecule has 0 aromatic carbocycles. The lowest BCUT2D eigenvalue weighted by Crippen LogP contribution is -2.01. The van der Waals surface area contributed by atoms with Crippen molar-refractivity contribution in [3.63, 3.8) is 0 Å². The third kappa shape index (κ3) is 1.89. The molecule has 0 saturated heterocycles. The number of halogens is 2. The van der Waals surface area contributed by atoms with E-state index in [4.69, 9.17) is 27.6 Å². The second kappa shape index (κ2) is 3.78. The molecule has 1 aromatic heterocycles. The average molecular weight is 210 g/mol. The molecule has 0 fully saturated rings. The Bertz CT molecular complexity index is 284. The van der Waals surface area contributed by atoms with Gasteiger partial charge in [0.1, 0.15) is 6.26 Å². The molecule has 1 rings (SSSR count). The molecule has 66 valence electrons. The third-order valence-corrected chi connectivity index (χ3v) is 1.48. The molecule has 0 aliphatic heterocycles. The second-order valence-corrected chi connectivity index (χ2v) is 2.96. The Balaban J connectivity index is 2.84. The molecule has 6 heteroatoms. The summed E-state index contributed by atoms with van der Waals surface area (Å²) in [5.74, 6) is -0.502. The van der Waals surface area contributed by atoms with E-state index in [0.717, 1.165) is 6.26 Å². The molecule has 0 radical (unpaired) electrons. The lowest BCUT2D eigenvalue weighted by Gasteiger charge is -1.91. The number of nitrogens with zero attached hydrogens (tertiary/aromatic N) is 1. The molecule has 12 heavy (non-hydrogen) atoms. The minimum Gasteiger partial charge on any atom is -0.464 e. The Hall–Kier alpha value is -0.740. The van der Waals surface area contributed by atoms with Gasteiger partial charge in [0.2, 0.25) is 5.89 Å². The lowest BCUT2D eigenvalue weighted by atomic mass is 10.5. The van der Waals surface area contributed by atoms with Gasteiger partial charge in [-0.25, -0.2) is 9.78 Å². The number of hydrogen-bond donors (Lipinski definition) is 0. The van der Waals surface area contributed by atoms with Crippen LogP contribution in [0.3, 0.4) is 0 Å². The number of ether oxygens (including phenoxy) is 1. The van der Waals surface area contributed by atoms with Gasteiger partial charge in [-0.2, -0.15) is 0 Å². The van der Waals surface area contributed by atoms with Gasteiger partial charge >= 0.3 is 5.97 Å². The third-order valence-electron chi connectivity index (χ3n) is 1.10. The van der Waals surface area contributed by atoms with Crippen molar-refractivity contribution < 1.29 is 13.9 Å². The number of rotatable bonds is 2. The number of aromatic nitrogens is 1. The molecule has 0 atom stereocenters. The molecule has 0 saturated carbocycles. The largest absolute Gasteiger partial charge is 0.464 e. The van der Waals surface area contributed by atoms with Gasteiger partial charge in [0, 0.05) is 0 Å². The number of oxazole rings is 1. The van der Waals surface area contributed by atoms with E-state index in [1.807, 2.05) is 0 Å². The molecular formula is C6H5Cl2NO3. The minimum atomic E-state index is -0.872. The minimum absolute atomic E-state index is 0.0544. The van der Waals surface area contributed by atoms with E-state index in [0.29, 0.717) is 0 Å². The number of carbonyl (C=O) groups is 1. The molecule has 1 heterocycles. The molecule has 4 nitrogen and oxygen atoms in total. The molecule has 0 N–H and O–H groups in total. The van der Waals surface area contributed by atoms with Crippen LogP contribution in [-0.2, 0) is 4.74 Å². The van der Waals surface area contributed by atoms with Crippen LogP contribution in [-0.4, -0.2) is 18.1 Å². The fourth-order valence-corrected chi connectivity index (χ4v) is 0.787. The van der Waals surface area contributed by atoms with Crippen molar-refractivity contribution in [2.45, 2.75) is 4.84 Å². The zero-order valence-electron chi connectivity index (χ0n) is 6.08. The summed E-state index contributed by atoms with van der Waals surface area (Å²) in [5.41, 5.74) is 0.0544. The summed E-state index contributed by atoms with van der Waals surface area (Å²) >= 11 is 10.8. The van der Waals surface area contributed by atoms with Gasteiger partial charge in [0.25, 0.3) is 0 Å². The van der Waals surface area contributed by atoms with Crippen molar-refractivity contribution in [2.24, 2.45) is 0 Å². The van der Waals surface area contributed by atoms with Crippen molar-refractivity contribution in [1.82, 2.24) is 4.98 Å². The highest BCUT2D eigenvalue weighted by atomic mass is 35.5. The molecule has 0 aliphatic rings. The number of esters is 1. The van der Waals surface area contributed by atoms with Crippen LogP contribution in [0, 0.1) is 0 Å². The zero-order chi connectivity index (χ0) is 9.14. The fourth-order valence-electron chi connectivity index (χ4n) is 0.586. The number of hydrogen-bond acceptors (Lipinski definition) is 4. The van der Waals surface area contributed by atoms with E-state index in [1.54, 1.807) is 0 Å². The molecule has 0 aliphatic carbocycles. The highest BCUT2D eigenvalue weighted by Gasteiger charge is 2.15. The maximum Gasteiger partial charge on any atom is 0.360 e. The summed E-state index contributed by atoms with van der Waals surface area (Å²) in [6.45, 7) is 0. The molecule has 0 bridgehead atoms. The lowest BCUT2D eigenvalue weighted by molar-refractivity contribution is 0.0594. The molecule has 0 unspecified atom stereocenters. The van der Waals surface area contributed by atoms with Crippen LogP contribution in [0.15, 0.2) is 10.7 Å². The van der Waals surface area contributed by atoms with E-state index in [1.165, 1.54) is 7.11 Å². The first kappa shape index (κ1) is 9.35. The van der Waals surface area contributed by atoms with Gasteiger partial charge in [0.15, 0.2) is 10.5 Å². The van der Waals surface area contributed by atoms with E-state index >= 15 is 0 Å². The van der Waals surface area contributed by atoms with Crippen molar-refractivity contribution in [3.8, 4) is 0 Å². The Morgan fingerprint density at radius 2 is 2.42 bits per heavy atom. The monoisotopic (exact) mass is 209 g/mol. The Morgan fingerprint density at radius 3 is 2.83 bits per heavy atom. The molecular weight excluding hydrogens is 205 g/mol. The molecule has 0 spiro atoms. The van der Waals surface area contributed by atoms with Crippen molar-refractivity contribution >= 4 is 29.2 Å². The van der Waals surface area contributed by atoms with Crippen molar-refractivity contribution in [2.75, 3.05) is 7.11 Å². The first-order chi connectivity index (χ1) is 5.65. The van der Waals surface area contributed by atoms with Crippen molar-refractivity contribution in [3.05, 3.63) is 17.8 Å². The summed E-state index contributed by atoms with van der Waals surface area (Å²) in [6, 6.07) is 0. The Labute approximate surface area is 78.4 Å². The second-order valence-electron chi connectivity index (χ2n) is 1.86. The first-order valence-electron chi connectivity index (χ1n) is 2.97. The average Bonchev–Trinajstić information content (AvgIpc) is 2.51. The summed E-state index contributed by atoms with van der Waals surface area (Å²) < 4.78 is 9.15.